The Balaban J connectivity index is 1.42. The molecule has 8 nitrogen and oxygen atoms in total. The van der Waals surface area contributed by atoms with Crippen molar-refractivity contribution in [3.63, 3.8) is 0 Å². The van der Waals surface area contributed by atoms with Crippen LogP contribution in [0.3, 0.4) is 0 Å². The number of amides is 3. The van der Waals surface area contributed by atoms with Gasteiger partial charge >= 0.3 is 12.2 Å². The number of carbonyl (C=O) groups excluding carboxylic acids is 3. The Morgan fingerprint density at radius 2 is 1.65 bits per heavy atom. The molecule has 2 heterocycles. The highest BCUT2D eigenvalue weighted by atomic mass is 16.6. The third kappa shape index (κ3) is 7.10. The van der Waals surface area contributed by atoms with Gasteiger partial charge < -0.3 is 19.7 Å². The molecule has 8 heteroatoms. The zero-order valence-electron chi connectivity index (χ0n) is 21.9. The second-order valence-corrected chi connectivity index (χ2v) is 10.7. The summed E-state index contributed by atoms with van der Waals surface area (Å²) in [5.74, 6) is -0.219. The van der Waals surface area contributed by atoms with Gasteiger partial charge in [0.15, 0.2) is 0 Å². The van der Waals surface area contributed by atoms with E-state index in [2.05, 4.69) is 5.32 Å². The van der Waals surface area contributed by atoms with Crippen LogP contribution in [-0.4, -0.2) is 54.8 Å². The first-order valence-electron chi connectivity index (χ1n) is 13.0. The Kier molecular flexibility index (Phi) is 8.48. The van der Waals surface area contributed by atoms with Crippen LogP contribution in [0.25, 0.3) is 0 Å². The van der Waals surface area contributed by atoms with Crippen LogP contribution in [-0.2, 0) is 20.9 Å². The number of nitrogens with one attached hydrogen (secondary N) is 1. The molecular formula is C29H37N3O5. The Morgan fingerprint density at radius 1 is 0.973 bits per heavy atom. The summed E-state index contributed by atoms with van der Waals surface area (Å²) >= 11 is 0. The molecule has 0 bridgehead atoms. The number of piperidine rings is 1. The minimum atomic E-state index is -0.667. The number of benzene rings is 2. The normalized spacial score (nSPS) is 18.4. The number of rotatable bonds is 5. The van der Waals surface area contributed by atoms with Crippen LogP contribution in [0.2, 0.25) is 0 Å². The lowest BCUT2D eigenvalue weighted by atomic mass is 9.89. The molecule has 2 fully saturated rings. The maximum atomic E-state index is 13.3. The number of carbonyl (C=O) groups is 3. The molecule has 1 unspecified atom stereocenters. The van der Waals surface area contributed by atoms with Crippen molar-refractivity contribution in [2.45, 2.75) is 58.2 Å². The van der Waals surface area contributed by atoms with Crippen LogP contribution in [0, 0.1) is 5.92 Å². The molecule has 2 aliphatic heterocycles. The summed E-state index contributed by atoms with van der Waals surface area (Å²) in [5, 5.41) is 3.20. The third-order valence-electron chi connectivity index (χ3n) is 6.79. The van der Waals surface area contributed by atoms with Gasteiger partial charge in [0.05, 0.1) is 11.6 Å². The molecule has 198 valence electrons. The monoisotopic (exact) mass is 507 g/mol. The minimum absolute atomic E-state index is 0.0979. The molecule has 2 aromatic carbocycles. The first kappa shape index (κ1) is 26.7. The van der Waals surface area contributed by atoms with Crippen molar-refractivity contribution in [1.29, 1.82) is 0 Å². The van der Waals surface area contributed by atoms with Crippen LogP contribution in [0.1, 0.15) is 57.1 Å². The molecule has 0 aliphatic carbocycles. The van der Waals surface area contributed by atoms with Crippen LogP contribution < -0.4 is 10.2 Å². The largest absolute Gasteiger partial charge is 0.444 e. The average molecular weight is 508 g/mol. The molecule has 3 amide bonds. The molecule has 1 atom stereocenters. The fourth-order valence-electron chi connectivity index (χ4n) is 4.77. The van der Waals surface area contributed by atoms with Gasteiger partial charge in [-0.15, -0.1) is 0 Å². The number of hydrogen-bond acceptors (Lipinski definition) is 6. The Labute approximate surface area is 218 Å². The maximum absolute atomic E-state index is 13.3. The molecule has 0 radical (unpaired) electrons. The van der Waals surface area contributed by atoms with Gasteiger partial charge in [-0.1, -0.05) is 42.5 Å². The van der Waals surface area contributed by atoms with Gasteiger partial charge in [-0.2, -0.15) is 0 Å². The van der Waals surface area contributed by atoms with Gasteiger partial charge in [0, 0.05) is 19.6 Å². The van der Waals surface area contributed by atoms with Gasteiger partial charge in [0.25, 0.3) is 0 Å². The van der Waals surface area contributed by atoms with Crippen LogP contribution in [0.4, 0.5) is 15.3 Å². The van der Waals surface area contributed by atoms with E-state index >= 15 is 0 Å². The zero-order chi connectivity index (χ0) is 26.4. The van der Waals surface area contributed by atoms with Gasteiger partial charge in [-0.25, -0.2) is 14.5 Å². The summed E-state index contributed by atoms with van der Waals surface area (Å²) in [7, 11) is 0. The Morgan fingerprint density at radius 3 is 2.24 bits per heavy atom. The van der Waals surface area contributed by atoms with Gasteiger partial charge in [0.1, 0.15) is 12.2 Å². The van der Waals surface area contributed by atoms with Crippen molar-refractivity contribution in [1.82, 2.24) is 10.2 Å². The van der Waals surface area contributed by atoms with Crippen molar-refractivity contribution in [2.75, 3.05) is 31.1 Å². The van der Waals surface area contributed by atoms with Gasteiger partial charge in [0.2, 0.25) is 5.91 Å². The molecule has 2 saturated heterocycles. The predicted molar refractivity (Wildman–Crippen MR) is 141 cm³/mol. The van der Waals surface area contributed by atoms with E-state index < -0.39 is 11.7 Å². The van der Waals surface area contributed by atoms with Crippen molar-refractivity contribution < 1.29 is 23.9 Å². The molecule has 1 N–H and O–H groups in total. The van der Waals surface area contributed by atoms with Gasteiger partial charge in [-0.05, 0) is 75.8 Å². The van der Waals surface area contributed by atoms with E-state index in [0.29, 0.717) is 37.7 Å². The SMILES string of the molecule is CC(C)(C)OC(=O)N1CCC(c2ccc(N(C(=O)OCc3ccccc3)C(=O)C3CCNC3)cc2)CC1. The molecule has 2 aliphatic rings. The van der Waals surface area contributed by atoms with E-state index in [-0.39, 0.29) is 24.5 Å². The topological polar surface area (TPSA) is 88.2 Å². The molecule has 0 spiro atoms. The molecule has 0 saturated carbocycles. The van der Waals surface area contributed by atoms with Crippen LogP contribution >= 0.6 is 0 Å². The van der Waals surface area contributed by atoms with E-state index in [0.717, 1.165) is 30.5 Å². The molecule has 37 heavy (non-hydrogen) atoms. The van der Waals surface area contributed by atoms with E-state index in [1.165, 1.54) is 4.90 Å². The summed E-state index contributed by atoms with van der Waals surface area (Å²) in [6, 6.07) is 17.0. The lowest BCUT2D eigenvalue weighted by Gasteiger charge is -2.33. The van der Waals surface area contributed by atoms with E-state index in [9.17, 15) is 14.4 Å². The second-order valence-electron chi connectivity index (χ2n) is 10.7. The standard InChI is InChI=1S/C29H37N3O5/c1-29(2,3)37-27(34)31-17-14-23(15-18-31)22-9-11-25(12-10-22)32(26(33)24-13-16-30-19-24)28(35)36-20-21-7-5-4-6-8-21/h4-12,23-24,30H,13-20H2,1-3H3. The van der Waals surface area contributed by atoms with E-state index in [1.54, 1.807) is 4.90 Å². The summed E-state index contributed by atoms with van der Waals surface area (Å²) in [5.41, 5.74) is 1.98. The quantitative estimate of drug-likeness (QED) is 0.607. The molecule has 0 aromatic heterocycles. The lowest BCUT2D eigenvalue weighted by molar-refractivity contribution is -0.121. The fraction of sp³-hybridized carbons (Fsp3) is 0.483. The maximum Gasteiger partial charge on any atom is 0.421 e. The molecular weight excluding hydrogens is 470 g/mol. The highest BCUT2D eigenvalue weighted by Gasteiger charge is 2.33. The first-order valence-corrected chi connectivity index (χ1v) is 13.0. The summed E-state index contributed by atoms with van der Waals surface area (Å²) < 4.78 is 11.0. The Bertz CT molecular complexity index is 1070. The van der Waals surface area contributed by atoms with E-state index in [4.69, 9.17) is 9.47 Å². The van der Waals surface area contributed by atoms with Crippen molar-refractivity contribution in [2.24, 2.45) is 5.92 Å². The summed E-state index contributed by atoms with van der Waals surface area (Å²) in [6.45, 7) is 8.27. The lowest BCUT2D eigenvalue weighted by Crippen LogP contribution is -2.42. The number of nitrogens with zero attached hydrogens (tertiary/aromatic N) is 2. The van der Waals surface area contributed by atoms with Crippen molar-refractivity contribution >= 4 is 23.8 Å². The van der Waals surface area contributed by atoms with Crippen molar-refractivity contribution in [3.05, 3.63) is 65.7 Å². The average Bonchev–Trinajstić information content (AvgIpc) is 3.43. The Hall–Kier alpha value is -3.39. The number of ether oxygens (including phenoxy) is 2. The third-order valence-corrected chi connectivity index (χ3v) is 6.79. The zero-order valence-corrected chi connectivity index (χ0v) is 21.9. The van der Waals surface area contributed by atoms with Crippen LogP contribution in [0.15, 0.2) is 54.6 Å². The first-order chi connectivity index (χ1) is 17.7. The fourth-order valence-corrected chi connectivity index (χ4v) is 4.77. The number of anilines is 1. The van der Waals surface area contributed by atoms with Crippen LogP contribution in [0.5, 0.6) is 0 Å². The number of imide groups is 1. The number of hydrogen-bond donors (Lipinski definition) is 1. The minimum Gasteiger partial charge on any atom is -0.444 e. The predicted octanol–water partition coefficient (Wildman–Crippen LogP) is 5.08. The second kappa shape index (κ2) is 11.8. The molecule has 4 rings (SSSR count). The number of likely N-dealkylation sites (tertiary alicyclic amines) is 1. The van der Waals surface area contributed by atoms with Crippen molar-refractivity contribution in [3.8, 4) is 0 Å². The highest BCUT2D eigenvalue weighted by Crippen LogP contribution is 2.31. The summed E-state index contributed by atoms with van der Waals surface area (Å²) in [6.07, 6.45) is 1.41. The van der Waals surface area contributed by atoms with Gasteiger partial charge in [-0.3, -0.25) is 4.79 Å². The smallest absolute Gasteiger partial charge is 0.421 e. The highest BCUT2D eigenvalue weighted by molar-refractivity contribution is 6.13. The summed E-state index contributed by atoms with van der Waals surface area (Å²) in [4.78, 5) is 41.7. The van der Waals surface area contributed by atoms with E-state index in [1.807, 2.05) is 75.4 Å². The molecule has 2 aromatic rings.